The second-order valence-electron chi connectivity index (χ2n) is 8.66. The van der Waals surface area contributed by atoms with Gasteiger partial charge in [0.1, 0.15) is 0 Å². The smallest absolute Gasteiger partial charge is 0.239 e. The predicted octanol–water partition coefficient (Wildman–Crippen LogP) is 2.21. The van der Waals surface area contributed by atoms with Crippen LogP contribution in [0, 0.1) is 12.3 Å². The number of para-hydroxylation sites is 1. The van der Waals surface area contributed by atoms with Crippen LogP contribution < -0.4 is 5.32 Å². The van der Waals surface area contributed by atoms with Crippen LogP contribution in [0.15, 0.2) is 36.7 Å². The molecule has 0 aliphatic carbocycles. The summed E-state index contributed by atoms with van der Waals surface area (Å²) in [5.74, 6) is 0.224. The fraction of sp³-hybridized carbons (Fsp3) is 0.545. The van der Waals surface area contributed by atoms with E-state index in [4.69, 9.17) is 0 Å². The van der Waals surface area contributed by atoms with E-state index in [0.29, 0.717) is 12.0 Å². The van der Waals surface area contributed by atoms with Crippen LogP contribution in [0.25, 0.3) is 5.69 Å². The lowest BCUT2D eigenvalue weighted by Crippen LogP contribution is -2.42. The Labute approximate surface area is 167 Å². The molecule has 1 aromatic heterocycles. The average molecular weight is 382 g/mol. The summed E-state index contributed by atoms with van der Waals surface area (Å²) in [6, 6.07) is 8.19. The van der Waals surface area contributed by atoms with Crippen molar-refractivity contribution in [3.63, 3.8) is 0 Å². The van der Waals surface area contributed by atoms with Gasteiger partial charge in [0.15, 0.2) is 0 Å². The second kappa shape index (κ2) is 7.68. The summed E-state index contributed by atoms with van der Waals surface area (Å²) in [5, 5.41) is 7.95. The zero-order valence-corrected chi connectivity index (χ0v) is 17.2. The van der Waals surface area contributed by atoms with Crippen molar-refractivity contribution in [3.8, 4) is 5.69 Å². The first-order chi connectivity index (χ1) is 13.5. The van der Waals surface area contributed by atoms with Crippen LogP contribution in [0.5, 0.6) is 0 Å². The zero-order chi connectivity index (χ0) is 19.7. The second-order valence-corrected chi connectivity index (χ2v) is 8.66. The van der Waals surface area contributed by atoms with Crippen molar-refractivity contribution >= 4 is 5.91 Å². The standard InChI is InChI=1S/C22H31N5O/c1-17-6-4-5-7-19(17)27-15-18(13-24-27)14-25(2)21(28)20-12-22(16-26(20)3)8-10-23-11-9-22/h4-7,13,15,20,23H,8-12,14,16H2,1-3H3/t20-/m0/s1. The van der Waals surface area contributed by atoms with Gasteiger partial charge in [0.05, 0.1) is 17.9 Å². The van der Waals surface area contributed by atoms with Crippen molar-refractivity contribution in [3.05, 3.63) is 47.8 Å². The number of piperidine rings is 1. The van der Waals surface area contributed by atoms with Gasteiger partial charge in [-0.25, -0.2) is 4.68 Å². The fourth-order valence-electron chi connectivity index (χ4n) is 4.87. The van der Waals surface area contributed by atoms with Crippen molar-refractivity contribution < 1.29 is 4.79 Å². The number of aromatic nitrogens is 2. The quantitative estimate of drug-likeness (QED) is 0.882. The first-order valence-electron chi connectivity index (χ1n) is 10.2. The molecule has 1 spiro atoms. The van der Waals surface area contributed by atoms with Gasteiger partial charge in [-0.1, -0.05) is 18.2 Å². The van der Waals surface area contributed by atoms with E-state index in [1.54, 1.807) is 0 Å². The predicted molar refractivity (Wildman–Crippen MR) is 110 cm³/mol. The number of carbonyl (C=O) groups excluding carboxylic acids is 1. The molecule has 0 radical (unpaired) electrons. The maximum Gasteiger partial charge on any atom is 0.239 e. The number of benzene rings is 1. The highest BCUT2D eigenvalue weighted by atomic mass is 16.2. The Bertz CT molecular complexity index is 839. The minimum atomic E-state index is -0.00508. The van der Waals surface area contributed by atoms with Crippen LogP contribution in [-0.4, -0.2) is 65.3 Å². The van der Waals surface area contributed by atoms with Crippen molar-refractivity contribution in [2.24, 2.45) is 5.41 Å². The molecule has 150 valence electrons. The summed E-state index contributed by atoms with van der Waals surface area (Å²) < 4.78 is 1.90. The Morgan fingerprint density at radius 2 is 2.07 bits per heavy atom. The van der Waals surface area contributed by atoms with Gasteiger partial charge in [0.25, 0.3) is 0 Å². The van der Waals surface area contributed by atoms with E-state index in [2.05, 4.69) is 41.4 Å². The molecule has 28 heavy (non-hydrogen) atoms. The highest BCUT2D eigenvalue weighted by molar-refractivity contribution is 5.82. The number of nitrogens with zero attached hydrogens (tertiary/aromatic N) is 4. The molecule has 2 saturated heterocycles. The van der Waals surface area contributed by atoms with Gasteiger partial charge in [-0.15, -0.1) is 0 Å². The van der Waals surface area contributed by atoms with Gasteiger partial charge in [-0.2, -0.15) is 5.10 Å². The molecule has 4 rings (SSSR count). The molecule has 1 aromatic carbocycles. The molecule has 1 N–H and O–H groups in total. The normalized spacial score (nSPS) is 21.9. The maximum absolute atomic E-state index is 13.2. The van der Waals surface area contributed by atoms with Gasteiger partial charge in [0.2, 0.25) is 5.91 Å². The lowest BCUT2D eigenvalue weighted by Gasteiger charge is -2.33. The highest BCUT2D eigenvalue weighted by Gasteiger charge is 2.46. The molecule has 2 aliphatic heterocycles. The number of rotatable bonds is 4. The van der Waals surface area contributed by atoms with Crippen molar-refractivity contribution in [2.45, 2.75) is 38.8 Å². The van der Waals surface area contributed by atoms with Crippen LogP contribution in [0.4, 0.5) is 0 Å². The summed E-state index contributed by atoms with van der Waals surface area (Å²) in [5.41, 5.74) is 3.63. The molecule has 3 heterocycles. The summed E-state index contributed by atoms with van der Waals surface area (Å²) in [6.07, 6.45) is 7.22. The number of aryl methyl sites for hydroxylation is 1. The van der Waals surface area contributed by atoms with E-state index in [9.17, 15) is 4.79 Å². The van der Waals surface area contributed by atoms with Crippen LogP contribution in [0.2, 0.25) is 0 Å². The first kappa shape index (κ1) is 19.2. The number of hydrogen-bond acceptors (Lipinski definition) is 4. The number of likely N-dealkylation sites (N-methyl/N-ethyl adjacent to an activating group) is 2. The van der Waals surface area contributed by atoms with Gasteiger partial charge in [-0.05, 0) is 63.4 Å². The van der Waals surface area contributed by atoms with E-state index in [1.807, 2.05) is 41.2 Å². The third-order valence-corrected chi connectivity index (χ3v) is 6.49. The number of hydrogen-bond donors (Lipinski definition) is 1. The van der Waals surface area contributed by atoms with E-state index in [0.717, 1.165) is 37.3 Å². The Balaban J connectivity index is 1.42. The van der Waals surface area contributed by atoms with Gasteiger partial charge >= 0.3 is 0 Å². The first-order valence-corrected chi connectivity index (χ1v) is 10.2. The molecule has 1 atom stereocenters. The third-order valence-electron chi connectivity index (χ3n) is 6.49. The van der Waals surface area contributed by atoms with Gasteiger partial charge in [0, 0.05) is 31.9 Å². The lowest BCUT2D eigenvalue weighted by atomic mass is 9.77. The molecule has 2 fully saturated rings. The van der Waals surface area contributed by atoms with E-state index >= 15 is 0 Å². The molecule has 6 heteroatoms. The number of likely N-dealkylation sites (tertiary alicyclic amines) is 1. The summed E-state index contributed by atoms with van der Waals surface area (Å²) in [7, 11) is 4.01. The SMILES string of the molecule is Cc1ccccc1-n1cc(CN(C)C(=O)[C@@H]2CC3(CCNCC3)CN2C)cn1. The number of amides is 1. The largest absolute Gasteiger partial charge is 0.340 e. The van der Waals surface area contributed by atoms with Crippen molar-refractivity contribution in [2.75, 3.05) is 33.7 Å². The Hall–Kier alpha value is -2.18. The molecular formula is C22H31N5O. The van der Waals surface area contributed by atoms with E-state index < -0.39 is 0 Å². The Kier molecular flexibility index (Phi) is 5.25. The number of nitrogens with one attached hydrogen (secondary N) is 1. The zero-order valence-electron chi connectivity index (χ0n) is 17.2. The maximum atomic E-state index is 13.2. The Morgan fingerprint density at radius 3 is 2.82 bits per heavy atom. The minimum Gasteiger partial charge on any atom is -0.340 e. The molecular weight excluding hydrogens is 350 g/mol. The van der Waals surface area contributed by atoms with Crippen molar-refractivity contribution in [1.29, 1.82) is 0 Å². The third kappa shape index (κ3) is 3.71. The summed E-state index contributed by atoms with van der Waals surface area (Å²) in [6.45, 7) is 5.85. The van der Waals surface area contributed by atoms with Crippen molar-refractivity contribution in [1.82, 2.24) is 24.9 Å². The molecule has 0 bridgehead atoms. The molecule has 2 aromatic rings. The molecule has 6 nitrogen and oxygen atoms in total. The molecule has 0 saturated carbocycles. The molecule has 0 unspecified atom stereocenters. The van der Waals surface area contributed by atoms with E-state index in [-0.39, 0.29) is 11.9 Å². The van der Waals surface area contributed by atoms with Crippen LogP contribution in [0.1, 0.15) is 30.4 Å². The number of carbonyl (C=O) groups is 1. The van der Waals surface area contributed by atoms with Crippen LogP contribution in [0.3, 0.4) is 0 Å². The molecule has 2 aliphatic rings. The molecule has 1 amide bonds. The highest BCUT2D eigenvalue weighted by Crippen LogP contribution is 2.41. The van der Waals surface area contributed by atoms with Gasteiger partial charge in [-0.3, -0.25) is 9.69 Å². The summed E-state index contributed by atoms with van der Waals surface area (Å²) in [4.78, 5) is 17.3. The average Bonchev–Trinajstić information content (AvgIpc) is 3.26. The van der Waals surface area contributed by atoms with Crippen LogP contribution >= 0.6 is 0 Å². The fourth-order valence-corrected chi connectivity index (χ4v) is 4.87. The van der Waals surface area contributed by atoms with E-state index in [1.165, 1.54) is 18.4 Å². The lowest BCUT2D eigenvalue weighted by molar-refractivity contribution is -0.134. The Morgan fingerprint density at radius 1 is 1.32 bits per heavy atom. The minimum absolute atomic E-state index is 0.00508. The topological polar surface area (TPSA) is 53.4 Å². The monoisotopic (exact) mass is 381 g/mol. The van der Waals surface area contributed by atoms with Gasteiger partial charge < -0.3 is 10.2 Å². The van der Waals surface area contributed by atoms with Crippen LogP contribution in [-0.2, 0) is 11.3 Å². The summed E-state index contributed by atoms with van der Waals surface area (Å²) >= 11 is 0.